The standard InChI is InChI=1S/C22H26N4O2S/c1-16-24-21-7-4-12-23-22(21)26(16)19-10-13-25(14-11-19)29(27,28)20-9-8-17-5-2-3-6-18(17)15-20/h4,7-9,12,15,19H,2-3,5-6,10-11,13-14H2,1H3. The molecule has 0 radical (unpaired) electrons. The third kappa shape index (κ3) is 3.26. The van der Waals surface area contributed by atoms with Gasteiger partial charge in [-0.05, 0) is 80.8 Å². The molecule has 1 fully saturated rings. The summed E-state index contributed by atoms with van der Waals surface area (Å²) in [6.45, 7) is 3.05. The van der Waals surface area contributed by atoms with Gasteiger partial charge in [0.15, 0.2) is 5.65 Å². The lowest BCUT2D eigenvalue weighted by Gasteiger charge is -2.32. The van der Waals surface area contributed by atoms with E-state index in [0.29, 0.717) is 18.0 Å². The van der Waals surface area contributed by atoms with E-state index >= 15 is 0 Å². The lowest BCUT2D eigenvalue weighted by molar-refractivity contribution is 0.274. The molecule has 0 amide bonds. The van der Waals surface area contributed by atoms with Crippen LogP contribution in [0.3, 0.4) is 0 Å². The minimum absolute atomic E-state index is 0.227. The molecule has 0 saturated carbocycles. The number of hydrogen-bond donors (Lipinski definition) is 0. The van der Waals surface area contributed by atoms with Crippen molar-refractivity contribution in [2.24, 2.45) is 0 Å². The molecule has 1 aromatic carbocycles. The Balaban J connectivity index is 1.36. The summed E-state index contributed by atoms with van der Waals surface area (Å²) >= 11 is 0. The Bertz CT molecular complexity index is 1160. The van der Waals surface area contributed by atoms with Gasteiger partial charge in [-0.3, -0.25) is 0 Å². The second kappa shape index (κ2) is 7.22. The maximum Gasteiger partial charge on any atom is 0.243 e. The van der Waals surface area contributed by atoms with Crippen molar-refractivity contribution in [1.82, 2.24) is 18.8 Å². The highest BCUT2D eigenvalue weighted by Crippen LogP contribution is 2.31. The topological polar surface area (TPSA) is 68.1 Å². The summed E-state index contributed by atoms with van der Waals surface area (Å²) < 4.78 is 30.3. The van der Waals surface area contributed by atoms with Gasteiger partial charge >= 0.3 is 0 Å². The van der Waals surface area contributed by atoms with Crippen LogP contribution in [0, 0.1) is 6.92 Å². The van der Waals surface area contributed by atoms with E-state index in [9.17, 15) is 8.42 Å². The van der Waals surface area contributed by atoms with Gasteiger partial charge in [-0.15, -0.1) is 0 Å². The average Bonchev–Trinajstić information content (AvgIpc) is 3.09. The molecule has 3 heterocycles. The van der Waals surface area contributed by atoms with Crippen LogP contribution in [0.4, 0.5) is 0 Å². The van der Waals surface area contributed by atoms with Crippen LogP contribution in [0.15, 0.2) is 41.4 Å². The minimum Gasteiger partial charge on any atom is -0.310 e. The second-order valence-corrected chi connectivity index (χ2v) is 10.1. The fraction of sp³-hybridized carbons (Fsp3) is 0.455. The van der Waals surface area contributed by atoms with Gasteiger partial charge in [0, 0.05) is 25.3 Å². The summed E-state index contributed by atoms with van der Waals surface area (Å²) in [5.74, 6) is 0.940. The average molecular weight is 411 g/mol. The zero-order valence-corrected chi connectivity index (χ0v) is 17.5. The van der Waals surface area contributed by atoms with E-state index in [4.69, 9.17) is 0 Å². The van der Waals surface area contributed by atoms with E-state index in [1.54, 1.807) is 16.6 Å². The molecule has 1 saturated heterocycles. The highest BCUT2D eigenvalue weighted by atomic mass is 32.2. The van der Waals surface area contributed by atoms with Gasteiger partial charge in [0.2, 0.25) is 10.0 Å². The highest BCUT2D eigenvalue weighted by Gasteiger charge is 2.31. The summed E-state index contributed by atoms with van der Waals surface area (Å²) in [6, 6.07) is 9.82. The van der Waals surface area contributed by atoms with Gasteiger partial charge in [-0.2, -0.15) is 4.31 Å². The third-order valence-electron chi connectivity index (χ3n) is 6.37. The van der Waals surface area contributed by atoms with E-state index in [0.717, 1.165) is 49.1 Å². The molecule has 5 rings (SSSR count). The number of sulfonamides is 1. The van der Waals surface area contributed by atoms with Gasteiger partial charge in [-0.1, -0.05) is 6.07 Å². The van der Waals surface area contributed by atoms with Crippen molar-refractivity contribution >= 4 is 21.2 Å². The molecule has 0 bridgehead atoms. The molecule has 7 heteroatoms. The quantitative estimate of drug-likeness (QED) is 0.661. The first-order valence-electron chi connectivity index (χ1n) is 10.5. The Kier molecular flexibility index (Phi) is 4.67. The molecule has 0 atom stereocenters. The van der Waals surface area contributed by atoms with E-state index in [2.05, 4.69) is 14.5 Å². The maximum atomic E-state index is 13.2. The molecule has 1 aliphatic heterocycles. The van der Waals surface area contributed by atoms with Crippen LogP contribution in [0.2, 0.25) is 0 Å². The van der Waals surface area contributed by atoms with Crippen LogP contribution < -0.4 is 0 Å². The number of piperidine rings is 1. The van der Waals surface area contributed by atoms with Crippen LogP contribution in [0.1, 0.15) is 48.7 Å². The van der Waals surface area contributed by atoms with E-state index < -0.39 is 10.0 Å². The molecule has 6 nitrogen and oxygen atoms in total. The minimum atomic E-state index is -3.45. The van der Waals surface area contributed by atoms with Crippen molar-refractivity contribution in [2.75, 3.05) is 13.1 Å². The molecule has 29 heavy (non-hydrogen) atoms. The van der Waals surface area contributed by atoms with Crippen molar-refractivity contribution < 1.29 is 8.42 Å². The monoisotopic (exact) mass is 410 g/mol. The molecule has 0 spiro atoms. The lowest BCUT2D eigenvalue weighted by Crippen LogP contribution is -2.39. The van der Waals surface area contributed by atoms with E-state index in [1.165, 1.54) is 17.5 Å². The van der Waals surface area contributed by atoms with Crippen molar-refractivity contribution in [2.45, 2.75) is 56.4 Å². The number of aryl methyl sites for hydroxylation is 3. The summed E-state index contributed by atoms with van der Waals surface area (Å²) in [7, 11) is -3.45. The second-order valence-electron chi connectivity index (χ2n) is 8.15. The van der Waals surface area contributed by atoms with Gasteiger partial charge in [0.25, 0.3) is 0 Å². The lowest BCUT2D eigenvalue weighted by atomic mass is 9.92. The largest absolute Gasteiger partial charge is 0.310 e. The number of imidazole rings is 1. The van der Waals surface area contributed by atoms with Crippen LogP contribution >= 0.6 is 0 Å². The Labute approximate surface area is 171 Å². The smallest absolute Gasteiger partial charge is 0.243 e. The summed E-state index contributed by atoms with van der Waals surface area (Å²) in [6.07, 6.45) is 7.72. The van der Waals surface area contributed by atoms with Crippen molar-refractivity contribution in [3.63, 3.8) is 0 Å². The Morgan fingerprint density at radius 3 is 2.59 bits per heavy atom. The molecule has 1 aliphatic carbocycles. The fourth-order valence-electron chi connectivity index (χ4n) is 4.84. The molecular formula is C22H26N4O2S. The molecule has 152 valence electrons. The van der Waals surface area contributed by atoms with Crippen molar-refractivity contribution in [3.05, 3.63) is 53.5 Å². The first kappa shape index (κ1) is 18.8. The first-order valence-corrected chi connectivity index (χ1v) is 11.9. The zero-order valence-electron chi connectivity index (χ0n) is 16.7. The fourth-order valence-corrected chi connectivity index (χ4v) is 6.36. The van der Waals surface area contributed by atoms with Crippen LogP contribution in [-0.4, -0.2) is 40.3 Å². The highest BCUT2D eigenvalue weighted by molar-refractivity contribution is 7.89. The number of fused-ring (bicyclic) bond motifs is 2. The third-order valence-corrected chi connectivity index (χ3v) is 8.27. The van der Waals surface area contributed by atoms with Crippen molar-refractivity contribution in [1.29, 1.82) is 0 Å². The van der Waals surface area contributed by atoms with E-state index in [1.807, 2.05) is 31.2 Å². The predicted octanol–water partition coefficient (Wildman–Crippen LogP) is 3.64. The molecular weight excluding hydrogens is 384 g/mol. The maximum absolute atomic E-state index is 13.2. The summed E-state index contributed by atoms with van der Waals surface area (Å²) in [5.41, 5.74) is 4.30. The number of pyridine rings is 1. The predicted molar refractivity (Wildman–Crippen MR) is 112 cm³/mol. The zero-order chi connectivity index (χ0) is 20.0. The Morgan fingerprint density at radius 1 is 1.03 bits per heavy atom. The van der Waals surface area contributed by atoms with Crippen LogP contribution in [0.25, 0.3) is 11.2 Å². The van der Waals surface area contributed by atoms with E-state index in [-0.39, 0.29) is 6.04 Å². The molecule has 2 aromatic heterocycles. The molecule has 3 aromatic rings. The summed E-state index contributed by atoms with van der Waals surface area (Å²) in [4.78, 5) is 9.56. The van der Waals surface area contributed by atoms with Gasteiger partial charge in [0.05, 0.1) is 4.90 Å². The molecule has 0 N–H and O–H groups in total. The van der Waals surface area contributed by atoms with Gasteiger partial charge < -0.3 is 4.57 Å². The molecule has 2 aliphatic rings. The first-order chi connectivity index (χ1) is 14.0. The number of nitrogens with zero attached hydrogens (tertiary/aromatic N) is 4. The number of aromatic nitrogens is 3. The van der Waals surface area contributed by atoms with Gasteiger partial charge in [-0.25, -0.2) is 18.4 Å². The number of rotatable bonds is 3. The Morgan fingerprint density at radius 2 is 1.79 bits per heavy atom. The number of hydrogen-bond acceptors (Lipinski definition) is 4. The van der Waals surface area contributed by atoms with Gasteiger partial charge in [0.1, 0.15) is 11.3 Å². The van der Waals surface area contributed by atoms with Crippen molar-refractivity contribution in [3.8, 4) is 0 Å². The van der Waals surface area contributed by atoms with Crippen LogP contribution in [0.5, 0.6) is 0 Å². The Hall–Kier alpha value is -2.25. The molecule has 0 unspecified atom stereocenters. The summed E-state index contributed by atoms with van der Waals surface area (Å²) in [5, 5.41) is 0. The normalized spacial score (nSPS) is 18.8. The van der Waals surface area contributed by atoms with Crippen LogP contribution in [-0.2, 0) is 22.9 Å². The number of benzene rings is 1. The SMILES string of the molecule is Cc1nc2cccnc2n1C1CCN(S(=O)(=O)c2ccc3c(c2)CCCC3)CC1.